The Morgan fingerprint density at radius 2 is 1.95 bits per heavy atom. The van der Waals surface area contributed by atoms with Gasteiger partial charge in [-0.15, -0.1) is 0 Å². The summed E-state index contributed by atoms with van der Waals surface area (Å²) in [6, 6.07) is 11.7. The minimum atomic E-state index is -1.24. The van der Waals surface area contributed by atoms with E-state index in [4.69, 9.17) is 21.4 Å². The lowest BCUT2D eigenvalue weighted by Crippen LogP contribution is -2.15. The first-order valence-electron chi connectivity index (χ1n) is 5.93. The monoisotopic (exact) mass is 306 g/mol. The number of pyridine rings is 1. The van der Waals surface area contributed by atoms with Gasteiger partial charge in [0.2, 0.25) is 0 Å². The summed E-state index contributed by atoms with van der Waals surface area (Å²) in [4.78, 5) is 26.2. The van der Waals surface area contributed by atoms with Gasteiger partial charge in [0, 0.05) is 5.02 Å². The van der Waals surface area contributed by atoms with Gasteiger partial charge in [-0.3, -0.25) is 5.32 Å². The molecule has 108 valence electrons. The van der Waals surface area contributed by atoms with Gasteiger partial charge in [-0.1, -0.05) is 41.9 Å². The van der Waals surface area contributed by atoms with Gasteiger partial charge in [0.1, 0.15) is 12.4 Å². The van der Waals surface area contributed by atoms with Crippen LogP contribution < -0.4 is 5.32 Å². The van der Waals surface area contributed by atoms with E-state index in [-0.39, 0.29) is 23.1 Å². The maximum Gasteiger partial charge on any atom is 0.413 e. The summed E-state index contributed by atoms with van der Waals surface area (Å²) in [6.45, 7) is 0.0963. The largest absolute Gasteiger partial charge is 0.477 e. The second-order valence-electron chi connectivity index (χ2n) is 4.05. The molecular weight excluding hydrogens is 296 g/mol. The van der Waals surface area contributed by atoms with Crippen molar-refractivity contribution in [2.75, 3.05) is 5.32 Å². The first-order valence-corrected chi connectivity index (χ1v) is 6.31. The Balaban J connectivity index is 1.98. The molecule has 0 aliphatic heterocycles. The first kappa shape index (κ1) is 14.8. The molecule has 0 radical (unpaired) electrons. The summed E-state index contributed by atoms with van der Waals surface area (Å²) in [7, 11) is 0. The lowest BCUT2D eigenvalue weighted by Gasteiger charge is -2.07. The standard InChI is InChI=1S/C14H11ClN2O4/c15-10-6-11(13(18)19)16-12(7-10)17-14(20)21-8-9-4-2-1-3-5-9/h1-7H,8H2,(H,18,19)(H,16,17,20). The third-order valence-corrected chi connectivity index (χ3v) is 2.67. The van der Waals surface area contributed by atoms with Crippen LogP contribution in [0.2, 0.25) is 5.02 Å². The molecule has 6 nitrogen and oxygen atoms in total. The van der Waals surface area contributed by atoms with E-state index >= 15 is 0 Å². The van der Waals surface area contributed by atoms with E-state index < -0.39 is 12.1 Å². The number of halogens is 1. The average molecular weight is 307 g/mol. The normalized spacial score (nSPS) is 9.95. The minimum absolute atomic E-state index is 0.0120. The second kappa shape index (κ2) is 6.71. The van der Waals surface area contributed by atoms with E-state index in [1.54, 1.807) is 0 Å². The van der Waals surface area contributed by atoms with Crippen LogP contribution in [0.5, 0.6) is 0 Å². The molecule has 1 aromatic carbocycles. The average Bonchev–Trinajstić information content (AvgIpc) is 2.45. The van der Waals surface area contributed by atoms with Crippen molar-refractivity contribution in [3.63, 3.8) is 0 Å². The van der Waals surface area contributed by atoms with Crippen molar-refractivity contribution in [2.24, 2.45) is 0 Å². The van der Waals surface area contributed by atoms with Crippen LogP contribution in [0.3, 0.4) is 0 Å². The molecule has 2 aromatic rings. The van der Waals surface area contributed by atoms with Crippen LogP contribution in [-0.4, -0.2) is 22.2 Å². The number of rotatable bonds is 4. The number of ether oxygens (including phenoxy) is 1. The fraction of sp³-hybridized carbons (Fsp3) is 0.0714. The molecule has 0 atom stereocenters. The summed E-state index contributed by atoms with van der Waals surface area (Å²) in [5.41, 5.74) is 0.568. The Morgan fingerprint density at radius 1 is 1.24 bits per heavy atom. The van der Waals surface area contributed by atoms with Crippen molar-refractivity contribution >= 4 is 29.5 Å². The number of anilines is 1. The van der Waals surface area contributed by atoms with Crippen molar-refractivity contribution in [1.82, 2.24) is 4.98 Å². The highest BCUT2D eigenvalue weighted by molar-refractivity contribution is 6.31. The zero-order valence-electron chi connectivity index (χ0n) is 10.7. The fourth-order valence-corrected chi connectivity index (χ4v) is 1.74. The maximum absolute atomic E-state index is 11.6. The highest BCUT2D eigenvalue weighted by atomic mass is 35.5. The maximum atomic E-state index is 11.6. The second-order valence-corrected chi connectivity index (χ2v) is 4.48. The quantitative estimate of drug-likeness (QED) is 0.905. The molecule has 1 heterocycles. The highest BCUT2D eigenvalue weighted by Gasteiger charge is 2.11. The van der Waals surface area contributed by atoms with Crippen molar-refractivity contribution in [3.8, 4) is 0 Å². The number of carboxylic acid groups (broad SMARTS) is 1. The molecule has 0 spiro atoms. The van der Waals surface area contributed by atoms with Crippen LogP contribution in [0.15, 0.2) is 42.5 Å². The van der Waals surface area contributed by atoms with Gasteiger partial charge in [0.05, 0.1) is 0 Å². The van der Waals surface area contributed by atoms with E-state index in [1.165, 1.54) is 12.1 Å². The lowest BCUT2D eigenvalue weighted by molar-refractivity contribution is 0.0690. The third-order valence-electron chi connectivity index (χ3n) is 2.45. The van der Waals surface area contributed by atoms with E-state index in [1.807, 2.05) is 30.3 Å². The molecule has 0 bridgehead atoms. The number of carbonyl (C=O) groups is 2. The molecule has 0 saturated heterocycles. The number of aromatic nitrogens is 1. The molecule has 0 aliphatic carbocycles. The molecule has 2 rings (SSSR count). The van der Waals surface area contributed by atoms with Crippen LogP contribution >= 0.6 is 11.6 Å². The summed E-state index contributed by atoms with van der Waals surface area (Å²) in [5, 5.41) is 11.3. The summed E-state index contributed by atoms with van der Waals surface area (Å²) in [6.07, 6.45) is -0.745. The molecule has 0 aliphatic rings. The van der Waals surface area contributed by atoms with E-state index in [2.05, 4.69) is 10.3 Å². The number of nitrogens with one attached hydrogen (secondary N) is 1. The molecular formula is C14H11ClN2O4. The van der Waals surface area contributed by atoms with Crippen molar-refractivity contribution in [2.45, 2.75) is 6.61 Å². The number of carboxylic acids is 1. The Labute approximate surface area is 125 Å². The first-order chi connectivity index (χ1) is 10.0. The summed E-state index contributed by atoms with van der Waals surface area (Å²) in [5.74, 6) is -1.23. The lowest BCUT2D eigenvalue weighted by atomic mass is 10.2. The van der Waals surface area contributed by atoms with E-state index in [9.17, 15) is 9.59 Å². The zero-order valence-corrected chi connectivity index (χ0v) is 11.5. The predicted molar refractivity (Wildman–Crippen MR) is 76.5 cm³/mol. The van der Waals surface area contributed by atoms with Crippen LogP contribution in [0.4, 0.5) is 10.6 Å². The zero-order chi connectivity index (χ0) is 15.2. The highest BCUT2D eigenvalue weighted by Crippen LogP contribution is 2.16. The van der Waals surface area contributed by atoms with Gasteiger partial charge in [0.15, 0.2) is 5.69 Å². The molecule has 0 fully saturated rings. The summed E-state index contributed by atoms with van der Waals surface area (Å²) < 4.78 is 4.99. The molecule has 7 heteroatoms. The fourth-order valence-electron chi connectivity index (χ4n) is 1.53. The van der Waals surface area contributed by atoms with Gasteiger partial charge >= 0.3 is 12.1 Å². The molecule has 1 amide bonds. The molecule has 0 unspecified atom stereocenters. The van der Waals surface area contributed by atoms with Gasteiger partial charge in [0.25, 0.3) is 0 Å². The third kappa shape index (κ3) is 4.47. The number of hydrogen-bond donors (Lipinski definition) is 2. The van der Waals surface area contributed by atoms with Crippen molar-refractivity contribution in [1.29, 1.82) is 0 Å². The molecule has 2 N–H and O–H groups in total. The molecule has 1 aromatic heterocycles. The number of hydrogen-bond acceptors (Lipinski definition) is 4. The van der Waals surface area contributed by atoms with Gasteiger partial charge in [-0.2, -0.15) is 0 Å². The van der Waals surface area contributed by atoms with Crippen LogP contribution in [0.1, 0.15) is 16.1 Å². The van der Waals surface area contributed by atoms with Crippen molar-refractivity contribution in [3.05, 3.63) is 58.7 Å². The molecule has 0 saturated carbocycles. The van der Waals surface area contributed by atoms with Gasteiger partial charge in [-0.05, 0) is 17.7 Å². The van der Waals surface area contributed by atoms with Gasteiger partial charge in [-0.25, -0.2) is 14.6 Å². The predicted octanol–water partition coefficient (Wildman–Crippen LogP) is 3.18. The SMILES string of the molecule is O=C(Nc1cc(Cl)cc(C(=O)O)n1)OCc1ccccc1. The number of carbonyl (C=O) groups excluding carboxylic acids is 1. The number of amides is 1. The van der Waals surface area contributed by atoms with Gasteiger partial charge < -0.3 is 9.84 Å². The van der Waals surface area contributed by atoms with Crippen LogP contribution in [0, 0.1) is 0 Å². The van der Waals surface area contributed by atoms with E-state index in [0.717, 1.165) is 5.56 Å². The minimum Gasteiger partial charge on any atom is -0.477 e. The Morgan fingerprint density at radius 3 is 2.62 bits per heavy atom. The Hall–Kier alpha value is -2.60. The topological polar surface area (TPSA) is 88.5 Å². The number of nitrogens with zero attached hydrogens (tertiary/aromatic N) is 1. The van der Waals surface area contributed by atoms with Crippen molar-refractivity contribution < 1.29 is 19.4 Å². The van der Waals surface area contributed by atoms with Crippen LogP contribution in [-0.2, 0) is 11.3 Å². The van der Waals surface area contributed by atoms with E-state index in [0.29, 0.717) is 0 Å². The number of aromatic carboxylic acids is 1. The molecule has 21 heavy (non-hydrogen) atoms. The van der Waals surface area contributed by atoms with Crippen LogP contribution in [0.25, 0.3) is 0 Å². The number of benzene rings is 1. The Bertz CT molecular complexity index is 661. The smallest absolute Gasteiger partial charge is 0.413 e. The Kier molecular flexibility index (Phi) is 4.73. The summed E-state index contributed by atoms with van der Waals surface area (Å²) >= 11 is 5.76.